The van der Waals surface area contributed by atoms with E-state index in [9.17, 15) is 0 Å². The van der Waals surface area contributed by atoms with Gasteiger partial charge in [0.2, 0.25) is 0 Å². The fourth-order valence-electron chi connectivity index (χ4n) is 2.55. The number of ether oxygens (including phenoxy) is 1. The fraction of sp³-hybridized carbons (Fsp3) is 1.00. The lowest BCUT2D eigenvalue weighted by atomic mass is 10.2. The van der Waals surface area contributed by atoms with Crippen molar-refractivity contribution in [1.82, 2.24) is 10.2 Å². The number of hydrogen-bond acceptors (Lipinski definition) is 3. The van der Waals surface area contributed by atoms with E-state index >= 15 is 0 Å². The summed E-state index contributed by atoms with van der Waals surface area (Å²) < 4.78 is 5.96. The van der Waals surface area contributed by atoms with Crippen molar-refractivity contribution >= 4 is 0 Å². The van der Waals surface area contributed by atoms with Gasteiger partial charge in [0.15, 0.2) is 0 Å². The standard InChI is InChI=1S/C11H22N2O/c1-12-8-10-4-5-11(14-10)9-13-6-2-3-7-13/h10-12H,2-9H2,1H3. The van der Waals surface area contributed by atoms with E-state index in [1.165, 1.54) is 45.3 Å². The Morgan fingerprint density at radius 2 is 1.93 bits per heavy atom. The molecule has 1 N–H and O–H groups in total. The number of hydrogen-bond donors (Lipinski definition) is 1. The van der Waals surface area contributed by atoms with E-state index in [0.29, 0.717) is 12.2 Å². The lowest BCUT2D eigenvalue weighted by Gasteiger charge is -2.20. The van der Waals surface area contributed by atoms with Crippen molar-refractivity contribution in [3.63, 3.8) is 0 Å². The predicted octanol–water partition coefficient (Wildman–Crippen LogP) is 0.849. The van der Waals surface area contributed by atoms with Crippen LogP contribution in [-0.2, 0) is 4.74 Å². The largest absolute Gasteiger partial charge is 0.372 e. The third-order valence-electron chi connectivity index (χ3n) is 3.29. The molecule has 2 fully saturated rings. The number of likely N-dealkylation sites (tertiary alicyclic amines) is 1. The molecule has 3 heteroatoms. The first kappa shape index (κ1) is 10.4. The average Bonchev–Trinajstić information content (AvgIpc) is 2.79. The number of rotatable bonds is 4. The highest BCUT2D eigenvalue weighted by Gasteiger charge is 2.26. The minimum absolute atomic E-state index is 0.465. The van der Waals surface area contributed by atoms with E-state index in [4.69, 9.17) is 4.74 Å². The zero-order valence-electron chi connectivity index (χ0n) is 9.17. The highest BCUT2D eigenvalue weighted by atomic mass is 16.5. The van der Waals surface area contributed by atoms with E-state index in [1.54, 1.807) is 0 Å². The third kappa shape index (κ3) is 2.69. The molecule has 0 spiro atoms. The summed E-state index contributed by atoms with van der Waals surface area (Å²) in [5, 5.41) is 3.19. The maximum Gasteiger partial charge on any atom is 0.0707 e. The van der Waals surface area contributed by atoms with Crippen LogP contribution in [0.15, 0.2) is 0 Å². The molecule has 2 aliphatic rings. The number of nitrogens with one attached hydrogen (secondary N) is 1. The van der Waals surface area contributed by atoms with E-state index in [1.807, 2.05) is 7.05 Å². The van der Waals surface area contributed by atoms with Crippen LogP contribution in [0.2, 0.25) is 0 Å². The van der Waals surface area contributed by atoms with E-state index in [-0.39, 0.29) is 0 Å². The number of likely N-dealkylation sites (N-methyl/N-ethyl adjacent to an activating group) is 1. The van der Waals surface area contributed by atoms with Gasteiger partial charge in [-0.1, -0.05) is 0 Å². The Labute approximate surface area is 86.8 Å². The molecule has 2 rings (SSSR count). The molecular weight excluding hydrogens is 176 g/mol. The molecule has 0 aromatic carbocycles. The van der Waals surface area contributed by atoms with Gasteiger partial charge in [0, 0.05) is 13.1 Å². The van der Waals surface area contributed by atoms with Crippen LogP contribution in [0.1, 0.15) is 25.7 Å². The molecule has 2 atom stereocenters. The molecule has 0 amide bonds. The van der Waals surface area contributed by atoms with Crippen LogP contribution in [0.3, 0.4) is 0 Å². The van der Waals surface area contributed by atoms with Gasteiger partial charge in [-0.25, -0.2) is 0 Å². The zero-order valence-corrected chi connectivity index (χ0v) is 9.17. The first-order chi connectivity index (χ1) is 6.88. The van der Waals surface area contributed by atoms with E-state index in [2.05, 4.69) is 10.2 Å². The molecule has 2 aliphatic heterocycles. The molecule has 0 bridgehead atoms. The molecule has 2 unspecified atom stereocenters. The number of nitrogens with zero attached hydrogens (tertiary/aromatic N) is 1. The van der Waals surface area contributed by atoms with Crippen molar-refractivity contribution in [3.05, 3.63) is 0 Å². The van der Waals surface area contributed by atoms with Gasteiger partial charge in [0.05, 0.1) is 12.2 Å². The second-order valence-electron chi connectivity index (χ2n) is 4.52. The smallest absolute Gasteiger partial charge is 0.0707 e. The molecule has 2 heterocycles. The molecule has 3 nitrogen and oxygen atoms in total. The van der Waals surface area contributed by atoms with Gasteiger partial charge in [0.25, 0.3) is 0 Å². The lowest BCUT2D eigenvalue weighted by molar-refractivity contribution is 0.0284. The normalized spacial score (nSPS) is 34.1. The van der Waals surface area contributed by atoms with Crippen LogP contribution in [0.25, 0.3) is 0 Å². The van der Waals surface area contributed by atoms with Gasteiger partial charge < -0.3 is 15.0 Å². The Kier molecular flexibility index (Phi) is 3.79. The zero-order chi connectivity index (χ0) is 9.80. The Morgan fingerprint density at radius 3 is 2.64 bits per heavy atom. The van der Waals surface area contributed by atoms with Crippen molar-refractivity contribution in [2.75, 3.05) is 33.2 Å². The van der Waals surface area contributed by atoms with Gasteiger partial charge in [0.1, 0.15) is 0 Å². The first-order valence-corrected chi connectivity index (χ1v) is 5.91. The molecule has 0 radical (unpaired) electrons. The summed E-state index contributed by atoms with van der Waals surface area (Å²) in [6.45, 7) is 4.75. The fourth-order valence-corrected chi connectivity index (χ4v) is 2.55. The molecule has 0 aromatic rings. The summed E-state index contributed by atoms with van der Waals surface area (Å²) in [5.74, 6) is 0. The maximum atomic E-state index is 5.96. The quantitative estimate of drug-likeness (QED) is 0.725. The maximum absolute atomic E-state index is 5.96. The SMILES string of the molecule is CNCC1CCC(CN2CCCC2)O1. The van der Waals surface area contributed by atoms with Crippen LogP contribution < -0.4 is 5.32 Å². The Bertz CT molecular complexity index is 169. The Balaban J connectivity index is 1.67. The van der Waals surface area contributed by atoms with Crippen molar-refractivity contribution < 1.29 is 4.74 Å². The predicted molar refractivity (Wildman–Crippen MR) is 57.5 cm³/mol. The van der Waals surface area contributed by atoms with Crippen LogP contribution in [-0.4, -0.2) is 50.3 Å². The van der Waals surface area contributed by atoms with Gasteiger partial charge in [-0.3, -0.25) is 0 Å². The highest BCUT2D eigenvalue weighted by Crippen LogP contribution is 2.21. The van der Waals surface area contributed by atoms with Gasteiger partial charge in [-0.05, 0) is 45.8 Å². The third-order valence-corrected chi connectivity index (χ3v) is 3.29. The lowest BCUT2D eigenvalue weighted by Crippen LogP contribution is -2.31. The molecular formula is C11H22N2O. The van der Waals surface area contributed by atoms with Gasteiger partial charge >= 0.3 is 0 Å². The summed E-state index contributed by atoms with van der Waals surface area (Å²) in [5.41, 5.74) is 0. The second-order valence-corrected chi connectivity index (χ2v) is 4.52. The molecule has 2 saturated heterocycles. The van der Waals surface area contributed by atoms with Crippen molar-refractivity contribution in [1.29, 1.82) is 0 Å². The van der Waals surface area contributed by atoms with Crippen molar-refractivity contribution in [2.24, 2.45) is 0 Å². The highest BCUT2D eigenvalue weighted by molar-refractivity contribution is 4.79. The Hall–Kier alpha value is -0.120. The van der Waals surface area contributed by atoms with Crippen LogP contribution in [0, 0.1) is 0 Å². The Morgan fingerprint density at radius 1 is 1.21 bits per heavy atom. The molecule has 0 aliphatic carbocycles. The molecule has 82 valence electrons. The second kappa shape index (κ2) is 5.10. The molecule has 0 saturated carbocycles. The summed E-state index contributed by atoms with van der Waals surface area (Å²) in [4.78, 5) is 2.55. The van der Waals surface area contributed by atoms with Gasteiger partial charge in [-0.2, -0.15) is 0 Å². The summed E-state index contributed by atoms with van der Waals surface area (Å²) in [7, 11) is 2.00. The van der Waals surface area contributed by atoms with Crippen molar-refractivity contribution in [2.45, 2.75) is 37.9 Å². The molecule has 0 aromatic heterocycles. The summed E-state index contributed by atoms with van der Waals surface area (Å²) in [6, 6.07) is 0. The van der Waals surface area contributed by atoms with E-state index < -0.39 is 0 Å². The van der Waals surface area contributed by atoms with E-state index in [0.717, 1.165) is 6.54 Å². The van der Waals surface area contributed by atoms with Gasteiger partial charge in [-0.15, -0.1) is 0 Å². The minimum atomic E-state index is 0.465. The average molecular weight is 198 g/mol. The van der Waals surface area contributed by atoms with Crippen molar-refractivity contribution in [3.8, 4) is 0 Å². The molecule has 14 heavy (non-hydrogen) atoms. The minimum Gasteiger partial charge on any atom is -0.372 e. The topological polar surface area (TPSA) is 24.5 Å². The first-order valence-electron chi connectivity index (χ1n) is 5.91. The summed E-state index contributed by atoms with van der Waals surface area (Å²) >= 11 is 0. The summed E-state index contributed by atoms with van der Waals surface area (Å²) in [6.07, 6.45) is 6.22. The monoisotopic (exact) mass is 198 g/mol. The van der Waals surface area contributed by atoms with Crippen LogP contribution in [0.4, 0.5) is 0 Å². The van der Waals surface area contributed by atoms with Crippen LogP contribution in [0.5, 0.6) is 0 Å². The van der Waals surface area contributed by atoms with Crippen LogP contribution >= 0.6 is 0 Å².